The third kappa shape index (κ3) is 4.01. The minimum Gasteiger partial charge on any atom is -0.335 e. The molecule has 4 nitrogen and oxygen atoms in total. The SMILES string of the molecule is Cc1ccc(SNc2nc3ccccc3nc2Nc2ccccc2F)cc1. The summed E-state index contributed by atoms with van der Waals surface area (Å²) in [6, 6.07) is 22.3. The van der Waals surface area contributed by atoms with E-state index < -0.39 is 0 Å². The van der Waals surface area contributed by atoms with Crippen molar-refractivity contribution in [2.24, 2.45) is 0 Å². The van der Waals surface area contributed by atoms with Crippen LogP contribution in [0, 0.1) is 12.7 Å². The number of benzene rings is 3. The van der Waals surface area contributed by atoms with Gasteiger partial charge in [0.2, 0.25) is 0 Å². The number of halogens is 1. The van der Waals surface area contributed by atoms with E-state index in [0.717, 1.165) is 15.9 Å². The first-order chi connectivity index (χ1) is 13.2. The van der Waals surface area contributed by atoms with Crippen LogP contribution >= 0.6 is 11.9 Å². The molecule has 0 amide bonds. The number of hydrogen-bond acceptors (Lipinski definition) is 5. The van der Waals surface area contributed by atoms with E-state index in [4.69, 9.17) is 0 Å². The lowest BCUT2D eigenvalue weighted by molar-refractivity contribution is 0.632. The van der Waals surface area contributed by atoms with Gasteiger partial charge >= 0.3 is 0 Å². The molecule has 2 N–H and O–H groups in total. The first-order valence-electron chi connectivity index (χ1n) is 8.47. The largest absolute Gasteiger partial charge is 0.335 e. The van der Waals surface area contributed by atoms with Gasteiger partial charge < -0.3 is 10.0 Å². The van der Waals surface area contributed by atoms with E-state index in [2.05, 4.69) is 32.1 Å². The molecule has 0 radical (unpaired) electrons. The average Bonchev–Trinajstić information content (AvgIpc) is 2.69. The summed E-state index contributed by atoms with van der Waals surface area (Å²) in [5, 5.41) is 3.05. The molecule has 0 atom stereocenters. The molecule has 0 aliphatic rings. The first kappa shape index (κ1) is 17.3. The van der Waals surface area contributed by atoms with Gasteiger partial charge in [0.1, 0.15) is 5.82 Å². The lowest BCUT2D eigenvalue weighted by atomic mass is 10.2. The Morgan fingerprint density at radius 2 is 1.41 bits per heavy atom. The smallest absolute Gasteiger partial charge is 0.180 e. The molecule has 0 aliphatic heterocycles. The fourth-order valence-electron chi connectivity index (χ4n) is 2.56. The quantitative estimate of drug-likeness (QED) is 0.422. The van der Waals surface area contributed by atoms with Gasteiger partial charge in [-0.3, -0.25) is 0 Å². The fourth-order valence-corrected chi connectivity index (χ4v) is 3.19. The highest BCUT2D eigenvalue weighted by Gasteiger charge is 2.11. The lowest BCUT2D eigenvalue weighted by Crippen LogP contribution is -2.03. The van der Waals surface area contributed by atoms with Crippen molar-refractivity contribution in [2.75, 3.05) is 10.0 Å². The zero-order valence-corrected chi connectivity index (χ0v) is 15.4. The van der Waals surface area contributed by atoms with E-state index in [1.165, 1.54) is 23.6 Å². The molecular formula is C21H17FN4S. The number of fused-ring (bicyclic) bond motifs is 1. The first-order valence-corrected chi connectivity index (χ1v) is 9.28. The van der Waals surface area contributed by atoms with E-state index in [-0.39, 0.29) is 5.82 Å². The van der Waals surface area contributed by atoms with Crippen molar-refractivity contribution in [2.45, 2.75) is 11.8 Å². The molecule has 4 rings (SSSR count). The number of hydrogen-bond donors (Lipinski definition) is 2. The van der Waals surface area contributed by atoms with Crippen molar-refractivity contribution < 1.29 is 4.39 Å². The summed E-state index contributed by atoms with van der Waals surface area (Å²) in [5.41, 5.74) is 3.06. The maximum absolute atomic E-state index is 14.1. The van der Waals surface area contributed by atoms with Gasteiger partial charge in [0, 0.05) is 4.90 Å². The Labute approximate surface area is 161 Å². The molecule has 27 heavy (non-hydrogen) atoms. The molecule has 1 heterocycles. The topological polar surface area (TPSA) is 49.8 Å². The third-order valence-electron chi connectivity index (χ3n) is 3.98. The second-order valence-corrected chi connectivity index (χ2v) is 6.91. The van der Waals surface area contributed by atoms with E-state index in [1.54, 1.807) is 18.2 Å². The minimum atomic E-state index is -0.343. The van der Waals surface area contributed by atoms with Crippen molar-refractivity contribution in [3.63, 3.8) is 0 Å². The molecule has 0 bridgehead atoms. The highest BCUT2D eigenvalue weighted by atomic mass is 32.2. The summed E-state index contributed by atoms with van der Waals surface area (Å²) in [7, 11) is 0. The molecule has 0 unspecified atom stereocenters. The Bertz CT molecular complexity index is 1080. The predicted octanol–water partition coefficient (Wildman–Crippen LogP) is 5.94. The normalized spacial score (nSPS) is 10.7. The second kappa shape index (κ2) is 7.63. The summed E-state index contributed by atoms with van der Waals surface area (Å²) in [4.78, 5) is 10.3. The van der Waals surface area contributed by atoms with Gasteiger partial charge in [0.05, 0.1) is 16.7 Å². The van der Waals surface area contributed by atoms with E-state index in [0.29, 0.717) is 17.3 Å². The van der Waals surface area contributed by atoms with E-state index >= 15 is 0 Å². The van der Waals surface area contributed by atoms with Crippen LogP contribution in [-0.2, 0) is 0 Å². The maximum atomic E-state index is 14.1. The molecular weight excluding hydrogens is 359 g/mol. The lowest BCUT2D eigenvalue weighted by Gasteiger charge is -2.13. The zero-order chi connectivity index (χ0) is 18.6. The van der Waals surface area contributed by atoms with Crippen LogP contribution in [0.4, 0.5) is 21.7 Å². The zero-order valence-electron chi connectivity index (χ0n) is 14.6. The number of rotatable bonds is 5. The molecule has 134 valence electrons. The average molecular weight is 376 g/mol. The van der Waals surface area contributed by atoms with Crippen molar-refractivity contribution in [1.29, 1.82) is 0 Å². The van der Waals surface area contributed by atoms with Gasteiger partial charge in [-0.15, -0.1) is 0 Å². The Hall–Kier alpha value is -3.12. The molecule has 0 aliphatic carbocycles. The van der Waals surface area contributed by atoms with E-state index in [1.807, 2.05) is 43.3 Å². The Morgan fingerprint density at radius 1 is 0.778 bits per heavy atom. The predicted molar refractivity (Wildman–Crippen MR) is 110 cm³/mol. The highest BCUT2D eigenvalue weighted by molar-refractivity contribution is 8.00. The van der Waals surface area contributed by atoms with Crippen LogP contribution in [0.1, 0.15) is 5.56 Å². The summed E-state index contributed by atoms with van der Waals surface area (Å²) < 4.78 is 17.3. The molecule has 6 heteroatoms. The second-order valence-electron chi connectivity index (χ2n) is 6.03. The third-order valence-corrected chi connectivity index (χ3v) is 4.79. The summed E-state index contributed by atoms with van der Waals surface area (Å²) in [6.07, 6.45) is 0. The molecule has 0 fully saturated rings. The van der Waals surface area contributed by atoms with Gasteiger partial charge in [0.15, 0.2) is 11.6 Å². The maximum Gasteiger partial charge on any atom is 0.180 e. The van der Waals surface area contributed by atoms with Crippen LogP contribution in [0.25, 0.3) is 11.0 Å². The molecule has 4 aromatic rings. The van der Waals surface area contributed by atoms with Crippen molar-refractivity contribution >= 4 is 40.3 Å². The number of aromatic nitrogens is 2. The van der Waals surface area contributed by atoms with Gasteiger partial charge in [-0.25, -0.2) is 14.4 Å². The molecule has 0 saturated carbocycles. The summed E-state index contributed by atoms with van der Waals surface area (Å²) in [5.74, 6) is 0.672. The van der Waals surface area contributed by atoms with Gasteiger partial charge in [-0.1, -0.05) is 42.0 Å². The number of nitrogens with one attached hydrogen (secondary N) is 2. The van der Waals surface area contributed by atoms with Crippen LogP contribution in [0.5, 0.6) is 0 Å². The van der Waals surface area contributed by atoms with Crippen molar-refractivity contribution in [3.05, 3.63) is 84.2 Å². The fraction of sp³-hybridized carbons (Fsp3) is 0.0476. The van der Waals surface area contributed by atoms with Gasteiger partial charge in [0.25, 0.3) is 0 Å². The van der Waals surface area contributed by atoms with Crippen LogP contribution in [0.3, 0.4) is 0 Å². The molecule has 0 saturated heterocycles. The summed E-state index contributed by atoms with van der Waals surface area (Å²) >= 11 is 1.43. The van der Waals surface area contributed by atoms with Crippen molar-refractivity contribution in [1.82, 2.24) is 9.97 Å². The number of para-hydroxylation sites is 3. The highest BCUT2D eigenvalue weighted by Crippen LogP contribution is 2.29. The van der Waals surface area contributed by atoms with Crippen LogP contribution in [0.2, 0.25) is 0 Å². The van der Waals surface area contributed by atoms with E-state index in [9.17, 15) is 4.39 Å². The summed E-state index contributed by atoms with van der Waals surface area (Å²) in [6.45, 7) is 2.05. The standard InChI is InChI=1S/C21H17FN4S/c1-14-10-12-15(13-11-14)27-26-21-20(23-17-7-3-2-6-16(17)22)24-18-8-4-5-9-19(18)25-21/h2-13H,1H3,(H,23,24)(H,25,26). The Balaban J connectivity index is 1.68. The Morgan fingerprint density at radius 3 is 2.11 bits per heavy atom. The van der Waals surface area contributed by atoms with Crippen LogP contribution < -0.4 is 10.0 Å². The monoisotopic (exact) mass is 376 g/mol. The van der Waals surface area contributed by atoms with Gasteiger partial charge in [-0.2, -0.15) is 0 Å². The molecule has 1 aromatic heterocycles. The van der Waals surface area contributed by atoms with Crippen molar-refractivity contribution in [3.8, 4) is 0 Å². The molecule has 0 spiro atoms. The Kier molecular flexibility index (Phi) is 4.89. The number of nitrogens with zero attached hydrogens (tertiary/aromatic N) is 2. The van der Waals surface area contributed by atoms with Crippen LogP contribution in [0.15, 0.2) is 77.7 Å². The minimum absolute atomic E-state index is 0.343. The molecule has 3 aromatic carbocycles. The van der Waals surface area contributed by atoms with Crippen LogP contribution in [-0.4, -0.2) is 9.97 Å². The number of aryl methyl sites for hydroxylation is 1. The van der Waals surface area contributed by atoms with Gasteiger partial charge in [-0.05, 0) is 55.3 Å². The number of anilines is 3.